The van der Waals surface area contributed by atoms with E-state index in [1.807, 2.05) is 13.0 Å². The highest BCUT2D eigenvalue weighted by Gasteiger charge is 2.16. The van der Waals surface area contributed by atoms with Gasteiger partial charge in [0, 0.05) is 4.88 Å². The average Bonchev–Trinajstić information content (AvgIpc) is 2.80. The molecule has 1 unspecified atom stereocenters. The van der Waals surface area contributed by atoms with Crippen LogP contribution in [0.4, 0.5) is 0 Å². The van der Waals surface area contributed by atoms with E-state index in [1.165, 1.54) is 18.4 Å². The Morgan fingerprint density at radius 3 is 2.70 bits per heavy atom. The van der Waals surface area contributed by atoms with Gasteiger partial charge in [-0.25, -0.2) is 4.79 Å². The van der Waals surface area contributed by atoms with Crippen LogP contribution >= 0.6 is 11.3 Å². The summed E-state index contributed by atoms with van der Waals surface area (Å²) in [7, 11) is 0.269. The molecule has 6 heteroatoms. The van der Waals surface area contributed by atoms with Crippen LogP contribution in [0.5, 0.6) is 5.75 Å². The molecule has 0 fully saturated rings. The molecule has 1 aromatic carbocycles. The summed E-state index contributed by atoms with van der Waals surface area (Å²) in [6.07, 6.45) is 0. The number of hydrogen-bond donors (Lipinski definition) is 1. The van der Waals surface area contributed by atoms with Crippen LogP contribution < -0.4 is 4.74 Å². The molecule has 0 amide bonds. The van der Waals surface area contributed by atoms with Crippen molar-refractivity contribution >= 4 is 28.1 Å². The lowest BCUT2D eigenvalue weighted by Crippen LogP contribution is -1.99. The van der Waals surface area contributed by atoms with E-state index in [-0.39, 0.29) is 10.6 Å². The van der Waals surface area contributed by atoms with E-state index in [2.05, 4.69) is 0 Å². The third-order valence-electron chi connectivity index (χ3n) is 2.83. The SMILES string of the molecule is COc1ccccc1S(=O)Cc1cc(C(=O)O)sc1C. The summed E-state index contributed by atoms with van der Waals surface area (Å²) in [5.41, 5.74) is 0.802. The molecular weight excluding hydrogens is 296 g/mol. The molecule has 20 heavy (non-hydrogen) atoms. The van der Waals surface area contributed by atoms with E-state index in [9.17, 15) is 9.00 Å². The lowest BCUT2D eigenvalue weighted by Gasteiger charge is -2.07. The van der Waals surface area contributed by atoms with Gasteiger partial charge in [0.05, 0.1) is 28.6 Å². The molecule has 0 radical (unpaired) electrons. The van der Waals surface area contributed by atoms with E-state index in [0.717, 1.165) is 10.4 Å². The molecule has 1 atom stereocenters. The fourth-order valence-electron chi connectivity index (χ4n) is 1.79. The van der Waals surface area contributed by atoms with Gasteiger partial charge in [-0.2, -0.15) is 0 Å². The summed E-state index contributed by atoms with van der Waals surface area (Å²) in [6, 6.07) is 8.73. The van der Waals surface area contributed by atoms with Gasteiger partial charge in [-0.05, 0) is 30.7 Å². The molecule has 0 aliphatic rings. The summed E-state index contributed by atoms with van der Waals surface area (Å²) >= 11 is 1.20. The number of methoxy groups -OCH3 is 1. The fourth-order valence-corrected chi connectivity index (χ4v) is 4.11. The molecule has 0 saturated carbocycles. The topological polar surface area (TPSA) is 63.6 Å². The number of ether oxygens (including phenoxy) is 1. The number of carboxylic acids is 1. The van der Waals surface area contributed by atoms with Gasteiger partial charge in [-0.15, -0.1) is 11.3 Å². The van der Waals surface area contributed by atoms with Gasteiger partial charge in [-0.3, -0.25) is 4.21 Å². The van der Waals surface area contributed by atoms with Gasteiger partial charge in [0.25, 0.3) is 0 Å². The molecule has 0 aliphatic heterocycles. The van der Waals surface area contributed by atoms with Crippen molar-refractivity contribution in [1.29, 1.82) is 0 Å². The van der Waals surface area contributed by atoms with E-state index in [4.69, 9.17) is 9.84 Å². The highest BCUT2D eigenvalue weighted by molar-refractivity contribution is 7.84. The van der Waals surface area contributed by atoms with Crippen molar-refractivity contribution in [1.82, 2.24) is 0 Å². The van der Waals surface area contributed by atoms with Crippen LogP contribution in [0.1, 0.15) is 20.1 Å². The zero-order valence-corrected chi connectivity index (χ0v) is 12.7. The smallest absolute Gasteiger partial charge is 0.345 e. The monoisotopic (exact) mass is 310 g/mol. The second-order valence-corrected chi connectivity index (χ2v) is 6.81. The van der Waals surface area contributed by atoms with E-state index in [0.29, 0.717) is 10.6 Å². The number of rotatable bonds is 5. The quantitative estimate of drug-likeness (QED) is 0.922. The molecule has 2 aromatic rings. The first-order valence-corrected chi connectivity index (χ1v) is 8.00. The first-order valence-electron chi connectivity index (χ1n) is 5.87. The first-order chi connectivity index (χ1) is 9.52. The molecule has 0 bridgehead atoms. The molecule has 1 aromatic heterocycles. The number of aromatic carboxylic acids is 1. The van der Waals surface area contributed by atoms with Crippen LogP contribution in [0.3, 0.4) is 0 Å². The third-order valence-corrected chi connectivity index (χ3v) is 5.31. The lowest BCUT2D eigenvalue weighted by molar-refractivity contribution is 0.0702. The summed E-state index contributed by atoms with van der Waals surface area (Å²) in [6.45, 7) is 1.84. The number of thiophene rings is 1. The van der Waals surface area contributed by atoms with Crippen LogP contribution in [-0.4, -0.2) is 22.4 Å². The van der Waals surface area contributed by atoms with Crippen molar-refractivity contribution in [3.05, 3.63) is 45.6 Å². The van der Waals surface area contributed by atoms with Crippen molar-refractivity contribution in [2.75, 3.05) is 7.11 Å². The van der Waals surface area contributed by atoms with Crippen molar-refractivity contribution in [3.8, 4) is 5.75 Å². The van der Waals surface area contributed by atoms with Crippen molar-refractivity contribution in [2.45, 2.75) is 17.6 Å². The number of carboxylic acid groups (broad SMARTS) is 1. The Balaban J connectivity index is 2.26. The minimum absolute atomic E-state index is 0.273. The van der Waals surface area contributed by atoms with Crippen molar-refractivity contribution in [3.63, 3.8) is 0 Å². The van der Waals surface area contributed by atoms with E-state index < -0.39 is 16.8 Å². The number of para-hydroxylation sites is 1. The van der Waals surface area contributed by atoms with Crippen molar-refractivity contribution in [2.24, 2.45) is 0 Å². The molecule has 0 spiro atoms. The highest BCUT2D eigenvalue weighted by atomic mass is 32.2. The van der Waals surface area contributed by atoms with E-state index >= 15 is 0 Å². The van der Waals surface area contributed by atoms with Gasteiger partial charge in [0.15, 0.2) is 0 Å². The summed E-state index contributed by atoms with van der Waals surface area (Å²) in [5.74, 6) is -0.0831. The number of carbonyl (C=O) groups is 1. The van der Waals surface area contributed by atoms with Gasteiger partial charge in [0.1, 0.15) is 10.6 Å². The Morgan fingerprint density at radius 2 is 2.10 bits per heavy atom. The Hall–Kier alpha value is -1.66. The maximum absolute atomic E-state index is 12.4. The summed E-state index contributed by atoms with van der Waals surface area (Å²) in [5, 5.41) is 8.97. The normalized spacial score (nSPS) is 12.1. The van der Waals surface area contributed by atoms with Crippen LogP contribution in [-0.2, 0) is 16.6 Å². The number of aryl methyl sites for hydroxylation is 1. The zero-order valence-electron chi connectivity index (χ0n) is 11.1. The zero-order chi connectivity index (χ0) is 14.7. The maximum Gasteiger partial charge on any atom is 0.345 e. The van der Waals surface area contributed by atoms with Gasteiger partial charge in [-0.1, -0.05) is 12.1 Å². The Bertz CT molecular complexity index is 661. The van der Waals surface area contributed by atoms with Gasteiger partial charge >= 0.3 is 5.97 Å². The highest BCUT2D eigenvalue weighted by Crippen LogP contribution is 2.27. The predicted molar refractivity (Wildman–Crippen MR) is 79.1 cm³/mol. The van der Waals surface area contributed by atoms with Crippen LogP contribution in [0, 0.1) is 6.92 Å². The Morgan fingerprint density at radius 1 is 1.40 bits per heavy atom. The Labute approximate surface area is 123 Å². The lowest BCUT2D eigenvalue weighted by atomic mass is 10.3. The molecule has 0 aliphatic carbocycles. The van der Waals surface area contributed by atoms with Crippen LogP contribution in [0.25, 0.3) is 0 Å². The predicted octanol–water partition coefficient (Wildman–Crippen LogP) is 3.07. The van der Waals surface area contributed by atoms with Crippen LogP contribution in [0.15, 0.2) is 35.2 Å². The average molecular weight is 310 g/mol. The number of benzene rings is 1. The summed E-state index contributed by atoms with van der Waals surface area (Å²) < 4.78 is 17.6. The van der Waals surface area contributed by atoms with E-state index in [1.54, 1.807) is 24.3 Å². The largest absolute Gasteiger partial charge is 0.495 e. The third kappa shape index (κ3) is 3.08. The summed E-state index contributed by atoms with van der Waals surface area (Å²) in [4.78, 5) is 12.7. The molecule has 106 valence electrons. The molecule has 4 nitrogen and oxygen atoms in total. The second kappa shape index (κ2) is 6.19. The van der Waals surface area contributed by atoms with Crippen LogP contribution in [0.2, 0.25) is 0 Å². The fraction of sp³-hybridized carbons (Fsp3) is 0.214. The van der Waals surface area contributed by atoms with Crippen molar-refractivity contribution < 1.29 is 18.8 Å². The minimum atomic E-state index is -1.27. The molecule has 1 N–H and O–H groups in total. The minimum Gasteiger partial charge on any atom is -0.495 e. The van der Waals surface area contributed by atoms with Gasteiger partial charge < -0.3 is 9.84 Å². The standard InChI is InChI=1S/C14H14O4S2/c1-9-10(7-12(19-9)14(15)16)8-20(17)13-6-4-3-5-11(13)18-2/h3-7H,8H2,1-2H3,(H,15,16). The molecule has 2 rings (SSSR count). The molecular formula is C14H14O4S2. The maximum atomic E-state index is 12.4. The first kappa shape index (κ1) is 14.7. The number of hydrogen-bond acceptors (Lipinski definition) is 4. The Kier molecular flexibility index (Phi) is 4.57. The van der Waals surface area contributed by atoms with Gasteiger partial charge in [0.2, 0.25) is 0 Å². The molecule has 0 saturated heterocycles. The second-order valence-electron chi connectivity index (χ2n) is 4.14. The molecule has 1 heterocycles.